The summed E-state index contributed by atoms with van der Waals surface area (Å²) in [6.45, 7) is 5.02. The minimum atomic E-state index is -1.24. The van der Waals surface area contributed by atoms with Gasteiger partial charge in [0.15, 0.2) is 17.6 Å². The largest absolute Gasteiger partial charge is 0.548 e. The van der Waals surface area contributed by atoms with Crippen LogP contribution >= 0.6 is 46.4 Å². The van der Waals surface area contributed by atoms with Crippen molar-refractivity contribution in [3.05, 3.63) is 68.2 Å². The minimum absolute atomic E-state index is 0.280. The Balaban J connectivity index is 1.77. The molecule has 0 fully saturated rings. The van der Waals surface area contributed by atoms with Crippen molar-refractivity contribution in [2.24, 2.45) is 0 Å². The average molecular weight is 753 g/mol. The van der Waals surface area contributed by atoms with E-state index in [4.69, 9.17) is 46.4 Å². The highest BCUT2D eigenvalue weighted by atomic mass is 35.5. The van der Waals surface area contributed by atoms with Gasteiger partial charge in [-0.1, -0.05) is 124 Å². The summed E-state index contributed by atoms with van der Waals surface area (Å²) < 4.78 is 3.81. The number of hydrogen-bond donors (Lipinski definition) is 1. The maximum Gasteiger partial charge on any atom is 0.346 e. The van der Waals surface area contributed by atoms with Crippen molar-refractivity contribution < 1.29 is 24.4 Å². The summed E-state index contributed by atoms with van der Waals surface area (Å²) >= 11 is 25.8. The van der Waals surface area contributed by atoms with Gasteiger partial charge in [0.05, 0.1) is 50.5 Å². The molecule has 49 heavy (non-hydrogen) atoms. The van der Waals surface area contributed by atoms with Crippen LogP contribution in [0.15, 0.2) is 42.2 Å². The van der Waals surface area contributed by atoms with E-state index in [-0.39, 0.29) is 13.1 Å². The molecule has 1 N–H and O–H groups in total. The van der Waals surface area contributed by atoms with Gasteiger partial charge in [-0.3, -0.25) is 0 Å². The van der Waals surface area contributed by atoms with Crippen LogP contribution in [0.3, 0.4) is 0 Å². The Morgan fingerprint density at radius 3 is 1.88 bits per heavy atom. The first-order valence-corrected chi connectivity index (χ1v) is 18.8. The predicted molar refractivity (Wildman–Crippen MR) is 200 cm³/mol. The van der Waals surface area contributed by atoms with E-state index in [1.165, 1.54) is 38.5 Å². The van der Waals surface area contributed by atoms with Crippen LogP contribution in [0.4, 0.5) is 11.4 Å². The van der Waals surface area contributed by atoms with E-state index in [9.17, 15) is 19.8 Å². The van der Waals surface area contributed by atoms with Gasteiger partial charge in [0.1, 0.15) is 5.82 Å². The summed E-state index contributed by atoms with van der Waals surface area (Å²) in [7, 11) is 0. The fourth-order valence-electron chi connectivity index (χ4n) is 6.45. The summed E-state index contributed by atoms with van der Waals surface area (Å²) in [5, 5.41) is 23.3. The second-order valence-corrected chi connectivity index (χ2v) is 14.2. The number of carbonyl (C=O) groups is 2. The second kappa shape index (κ2) is 18.9. The number of allylic oxidation sites excluding steroid dienone is 2. The average Bonchev–Trinajstić information content (AvgIpc) is 3.46. The Kier molecular flexibility index (Phi) is 15.0. The number of aryl methyl sites for hydroxylation is 1. The highest BCUT2D eigenvalue weighted by Gasteiger charge is 2.32. The SMILES string of the molecule is CCCCCCCCN1/C(=C\C=C\c2n(CCCCCCCC)c3cc(Cl)c(Cl)cc3[n+]2CC(=O)O)N(CC(=O)[O-])c2cc(Cl)c(Cl)cc21. The smallest absolute Gasteiger partial charge is 0.346 e. The molecular weight excluding hydrogens is 706 g/mol. The summed E-state index contributed by atoms with van der Waals surface area (Å²) in [5.74, 6) is -0.929. The number of imidazole rings is 1. The zero-order chi connectivity index (χ0) is 35.5. The molecule has 0 radical (unpaired) electrons. The van der Waals surface area contributed by atoms with Crippen molar-refractivity contribution in [2.75, 3.05) is 22.9 Å². The first-order chi connectivity index (χ1) is 23.6. The van der Waals surface area contributed by atoms with E-state index in [0.717, 1.165) is 49.7 Å². The van der Waals surface area contributed by atoms with Gasteiger partial charge < -0.3 is 24.8 Å². The molecule has 266 valence electrons. The number of rotatable bonds is 20. The number of aromatic nitrogens is 2. The Morgan fingerprint density at radius 2 is 1.29 bits per heavy atom. The van der Waals surface area contributed by atoms with Crippen molar-refractivity contribution in [2.45, 2.75) is 104 Å². The summed E-state index contributed by atoms with van der Waals surface area (Å²) in [4.78, 5) is 27.8. The van der Waals surface area contributed by atoms with E-state index < -0.39 is 11.9 Å². The molecular formula is C37H46Cl4N4O4. The number of carboxylic acids is 2. The van der Waals surface area contributed by atoms with E-state index in [1.807, 2.05) is 18.2 Å². The molecule has 0 spiro atoms. The molecule has 3 aromatic rings. The van der Waals surface area contributed by atoms with Gasteiger partial charge in [0, 0.05) is 24.8 Å². The number of halogens is 4. The molecule has 0 saturated heterocycles. The first-order valence-electron chi connectivity index (χ1n) is 17.3. The molecule has 0 unspecified atom stereocenters. The third-order valence-electron chi connectivity index (χ3n) is 8.85. The van der Waals surface area contributed by atoms with Gasteiger partial charge in [-0.2, -0.15) is 0 Å². The number of benzene rings is 2. The third-order valence-corrected chi connectivity index (χ3v) is 10.3. The number of fused-ring (bicyclic) bond motifs is 2. The summed E-state index contributed by atoms with van der Waals surface area (Å²) in [5.41, 5.74) is 2.85. The van der Waals surface area contributed by atoms with Crippen molar-refractivity contribution in [3.63, 3.8) is 0 Å². The number of aliphatic carboxylic acids is 2. The molecule has 1 aliphatic rings. The molecule has 12 heteroatoms. The van der Waals surface area contributed by atoms with Crippen molar-refractivity contribution in [1.29, 1.82) is 0 Å². The summed E-state index contributed by atoms with van der Waals surface area (Å²) in [6, 6.07) is 6.96. The first kappa shape index (κ1) is 38.9. The van der Waals surface area contributed by atoms with Crippen LogP contribution in [-0.2, 0) is 22.7 Å². The lowest BCUT2D eigenvalue weighted by Crippen LogP contribution is -2.40. The minimum Gasteiger partial charge on any atom is -0.548 e. The predicted octanol–water partition coefficient (Wildman–Crippen LogP) is 9.28. The Labute approximate surface area is 309 Å². The fraction of sp³-hybridized carbons (Fsp3) is 0.486. The van der Waals surface area contributed by atoms with Crippen molar-refractivity contribution in [1.82, 2.24) is 4.57 Å². The van der Waals surface area contributed by atoms with Crippen molar-refractivity contribution >= 4 is 86.8 Å². The van der Waals surface area contributed by atoms with E-state index >= 15 is 0 Å². The highest BCUT2D eigenvalue weighted by molar-refractivity contribution is 6.43. The second-order valence-electron chi connectivity index (χ2n) is 12.5. The molecule has 1 aromatic heterocycles. The Hall–Kier alpha value is -2.91. The molecule has 2 heterocycles. The number of carboxylic acid groups (broad SMARTS) is 2. The van der Waals surface area contributed by atoms with E-state index in [1.54, 1.807) is 33.7 Å². The molecule has 0 aliphatic carbocycles. The molecule has 2 aromatic carbocycles. The monoisotopic (exact) mass is 750 g/mol. The van der Waals surface area contributed by atoms with Crippen LogP contribution in [-0.4, -0.2) is 34.7 Å². The van der Waals surface area contributed by atoms with Crippen LogP contribution in [0.5, 0.6) is 0 Å². The Bertz CT molecular complexity index is 1690. The number of nitrogens with zero attached hydrogens (tertiary/aromatic N) is 4. The molecule has 0 amide bonds. The standard InChI is InChI=1S/C37H46Cl4N4O4/c1-3-5-7-9-11-13-18-42-30-20-26(38)28(40)22-32(30)44(24-36(46)47)34(42)16-15-17-35-43(19-14-12-10-8-6-4-2)31-21-27(39)29(41)23-33(31)45(35)25-37(48)49/h15-17,20-23H,3-14,18-19,24-25H2,1-2H3,(H-,46,47,48,49). The van der Waals surface area contributed by atoms with E-state index in [2.05, 4.69) is 23.3 Å². The molecule has 0 saturated carbocycles. The maximum absolute atomic E-state index is 12.1. The lowest BCUT2D eigenvalue weighted by Gasteiger charge is -2.25. The van der Waals surface area contributed by atoms with Gasteiger partial charge in [0.25, 0.3) is 5.82 Å². The van der Waals surface area contributed by atoms with Crippen LogP contribution in [0.1, 0.15) is 96.7 Å². The van der Waals surface area contributed by atoms with Gasteiger partial charge >= 0.3 is 5.97 Å². The topological polar surface area (TPSA) is 92.7 Å². The number of anilines is 2. The number of hydrogen-bond acceptors (Lipinski definition) is 5. The van der Waals surface area contributed by atoms with Gasteiger partial charge in [-0.05, 0) is 37.5 Å². The summed E-state index contributed by atoms with van der Waals surface area (Å²) in [6.07, 6.45) is 18.8. The maximum atomic E-state index is 12.1. The Morgan fingerprint density at radius 1 is 0.755 bits per heavy atom. The van der Waals surface area contributed by atoms with E-state index in [0.29, 0.717) is 56.0 Å². The van der Waals surface area contributed by atoms with Crippen LogP contribution in [0.2, 0.25) is 20.1 Å². The van der Waals surface area contributed by atoms with Gasteiger partial charge in [-0.15, -0.1) is 0 Å². The lowest BCUT2D eigenvalue weighted by atomic mass is 10.1. The number of carbonyl (C=O) groups excluding carboxylic acids is 1. The van der Waals surface area contributed by atoms with Crippen LogP contribution < -0.4 is 19.5 Å². The molecule has 1 aliphatic heterocycles. The highest BCUT2D eigenvalue weighted by Crippen LogP contribution is 2.45. The van der Waals surface area contributed by atoms with Crippen molar-refractivity contribution in [3.8, 4) is 0 Å². The third kappa shape index (κ3) is 10.1. The zero-order valence-corrected chi connectivity index (χ0v) is 31.4. The normalized spacial score (nSPS) is 13.8. The fourth-order valence-corrected chi connectivity index (χ4v) is 7.08. The molecule has 4 rings (SSSR count). The van der Waals surface area contributed by atoms with Crippen LogP contribution in [0.25, 0.3) is 17.1 Å². The quantitative estimate of drug-likeness (QED) is 0.0914. The van der Waals surface area contributed by atoms with Gasteiger partial charge in [-0.25, -0.2) is 13.9 Å². The molecule has 8 nitrogen and oxygen atoms in total. The molecule has 0 atom stereocenters. The zero-order valence-electron chi connectivity index (χ0n) is 28.3. The lowest BCUT2D eigenvalue weighted by molar-refractivity contribution is -0.662. The number of unbranched alkanes of at least 4 members (excludes halogenated alkanes) is 10. The van der Waals surface area contributed by atoms with Gasteiger partial charge in [0.2, 0.25) is 0 Å². The van der Waals surface area contributed by atoms with Crippen LogP contribution in [0, 0.1) is 0 Å². The molecule has 0 bridgehead atoms.